The van der Waals surface area contributed by atoms with Gasteiger partial charge < -0.3 is 9.32 Å². The van der Waals surface area contributed by atoms with Crippen molar-refractivity contribution in [3.05, 3.63) is 176 Å². The zero-order valence-electron chi connectivity index (χ0n) is 25.1. The molecule has 0 saturated carbocycles. The minimum Gasteiger partial charge on any atom is -0.455 e. The minimum atomic E-state index is 0.911. The molecular weight excluding hydrogens is 558 g/mol. The second-order valence-corrected chi connectivity index (χ2v) is 11.8. The first-order valence-electron chi connectivity index (χ1n) is 15.7. The van der Waals surface area contributed by atoms with Crippen LogP contribution >= 0.6 is 0 Å². The summed E-state index contributed by atoms with van der Waals surface area (Å²) in [6, 6.07) is 62.8. The van der Waals surface area contributed by atoms with Gasteiger partial charge >= 0.3 is 0 Å². The molecule has 0 fully saturated rings. The summed E-state index contributed by atoms with van der Waals surface area (Å²) in [7, 11) is 0. The maximum atomic E-state index is 6.43. The first kappa shape index (κ1) is 26.3. The molecule has 1 aromatic heterocycles. The van der Waals surface area contributed by atoms with Gasteiger partial charge in [0.2, 0.25) is 0 Å². The maximum Gasteiger partial charge on any atom is 0.143 e. The molecule has 0 aliphatic carbocycles. The second-order valence-electron chi connectivity index (χ2n) is 11.8. The number of nitrogens with zero attached hydrogens (tertiary/aromatic N) is 1. The van der Waals surface area contributed by atoms with E-state index in [1.54, 1.807) is 0 Å². The van der Waals surface area contributed by atoms with Gasteiger partial charge in [-0.15, -0.1) is 0 Å². The standard InChI is InChI=1S/C44H29NO/c1-3-12-33-28-36(26-20-30(33)10-1)45(37-27-21-31-11-2-4-13-34(31)29-37)35-24-22-32(23-25-35)38-14-5-6-15-39(38)41-17-9-18-42-40-16-7-8-19-43(40)46-44(41)42/h1-29H. The smallest absolute Gasteiger partial charge is 0.143 e. The highest BCUT2D eigenvalue weighted by Gasteiger charge is 2.17. The number of rotatable bonds is 5. The SMILES string of the molecule is c1ccc(-c2cccc3c2oc2ccccc23)c(-c2ccc(N(c3ccc4ccccc4c3)c3ccc4ccccc4c3)cc2)c1. The summed E-state index contributed by atoms with van der Waals surface area (Å²) in [5, 5.41) is 7.18. The Balaban J connectivity index is 1.17. The van der Waals surface area contributed by atoms with E-state index in [2.05, 4.69) is 169 Å². The Bertz CT molecular complexity index is 2460. The van der Waals surface area contributed by atoms with Gasteiger partial charge in [-0.25, -0.2) is 0 Å². The molecule has 216 valence electrons. The van der Waals surface area contributed by atoms with E-state index in [9.17, 15) is 0 Å². The topological polar surface area (TPSA) is 16.4 Å². The molecule has 0 aliphatic rings. The molecule has 9 rings (SSSR count). The van der Waals surface area contributed by atoms with Crippen LogP contribution in [0.5, 0.6) is 0 Å². The van der Waals surface area contributed by atoms with Crippen molar-refractivity contribution in [3.63, 3.8) is 0 Å². The zero-order valence-corrected chi connectivity index (χ0v) is 25.1. The predicted molar refractivity (Wildman–Crippen MR) is 194 cm³/mol. The Morgan fingerprint density at radius 3 is 1.57 bits per heavy atom. The van der Waals surface area contributed by atoms with Crippen LogP contribution in [0.15, 0.2) is 180 Å². The van der Waals surface area contributed by atoms with E-state index in [1.165, 1.54) is 27.1 Å². The van der Waals surface area contributed by atoms with E-state index in [1.807, 2.05) is 12.1 Å². The molecular formula is C44H29NO. The van der Waals surface area contributed by atoms with Gasteiger partial charge in [0, 0.05) is 33.4 Å². The summed E-state index contributed by atoms with van der Waals surface area (Å²) in [5.41, 5.74) is 9.77. The summed E-state index contributed by atoms with van der Waals surface area (Å²) in [4.78, 5) is 2.35. The average molecular weight is 588 g/mol. The largest absolute Gasteiger partial charge is 0.455 e. The van der Waals surface area contributed by atoms with Gasteiger partial charge in [0.25, 0.3) is 0 Å². The fraction of sp³-hybridized carbons (Fsp3) is 0. The Labute approximate surface area is 267 Å². The van der Waals surface area contributed by atoms with E-state index >= 15 is 0 Å². The molecule has 2 nitrogen and oxygen atoms in total. The van der Waals surface area contributed by atoms with E-state index in [0.717, 1.165) is 55.7 Å². The highest BCUT2D eigenvalue weighted by Crippen LogP contribution is 2.42. The molecule has 0 saturated heterocycles. The van der Waals surface area contributed by atoms with Gasteiger partial charge in [-0.2, -0.15) is 0 Å². The Morgan fingerprint density at radius 2 is 0.870 bits per heavy atom. The number of hydrogen-bond donors (Lipinski definition) is 0. The quantitative estimate of drug-likeness (QED) is 0.199. The van der Waals surface area contributed by atoms with E-state index in [0.29, 0.717) is 0 Å². The summed E-state index contributed by atoms with van der Waals surface area (Å²) >= 11 is 0. The molecule has 0 N–H and O–H groups in total. The molecule has 0 bridgehead atoms. The van der Waals surface area contributed by atoms with Crippen molar-refractivity contribution in [2.45, 2.75) is 0 Å². The lowest BCUT2D eigenvalue weighted by Gasteiger charge is -2.26. The van der Waals surface area contributed by atoms with Crippen molar-refractivity contribution in [1.82, 2.24) is 0 Å². The minimum absolute atomic E-state index is 0.911. The Morgan fingerprint density at radius 1 is 0.348 bits per heavy atom. The summed E-state index contributed by atoms with van der Waals surface area (Å²) in [6.07, 6.45) is 0. The maximum absolute atomic E-state index is 6.43. The third-order valence-corrected chi connectivity index (χ3v) is 9.04. The van der Waals surface area contributed by atoms with Gasteiger partial charge in [-0.05, 0) is 80.7 Å². The van der Waals surface area contributed by atoms with Crippen LogP contribution in [0.25, 0.3) is 65.7 Å². The van der Waals surface area contributed by atoms with Gasteiger partial charge in [0.15, 0.2) is 0 Å². The molecule has 0 atom stereocenters. The Kier molecular flexibility index (Phi) is 6.17. The van der Waals surface area contributed by atoms with Crippen LogP contribution in [-0.2, 0) is 0 Å². The number of benzene rings is 8. The molecule has 0 amide bonds. The monoisotopic (exact) mass is 587 g/mol. The summed E-state index contributed by atoms with van der Waals surface area (Å²) in [5.74, 6) is 0. The third-order valence-electron chi connectivity index (χ3n) is 9.04. The van der Waals surface area contributed by atoms with Crippen LogP contribution < -0.4 is 4.90 Å². The summed E-state index contributed by atoms with van der Waals surface area (Å²) < 4.78 is 6.43. The normalized spacial score (nSPS) is 11.5. The highest BCUT2D eigenvalue weighted by molar-refractivity contribution is 6.10. The molecule has 0 aliphatic heterocycles. The van der Waals surface area contributed by atoms with Crippen LogP contribution in [0.3, 0.4) is 0 Å². The summed E-state index contributed by atoms with van der Waals surface area (Å²) in [6.45, 7) is 0. The number of anilines is 3. The lowest BCUT2D eigenvalue weighted by Crippen LogP contribution is -2.09. The van der Waals surface area contributed by atoms with Gasteiger partial charge in [0.05, 0.1) is 0 Å². The average Bonchev–Trinajstić information content (AvgIpc) is 3.51. The molecule has 9 aromatic rings. The molecule has 0 unspecified atom stereocenters. The predicted octanol–water partition coefficient (Wildman–Crippen LogP) is 12.7. The van der Waals surface area contributed by atoms with Crippen molar-refractivity contribution in [2.24, 2.45) is 0 Å². The molecule has 0 spiro atoms. The van der Waals surface area contributed by atoms with Crippen molar-refractivity contribution < 1.29 is 4.42 Å². The molecule has 2 heteroatoms. The molecule has 8 aromatic carbocycles. The van der Waals surface area contributed by atoms with Crippen LogP contribution in [0.2, 0.25) is 0 Å². The van der Waals surface area contributed by atoms with Crippen molar-refractivity contribution in [2.75, 3.05) is 4.90 Å². The van der Waals surface area contributed by atoms with Gasteiger partial charge in [-0.3, -0.25) is 0 Å². The molecule has 0 radical (unpaired) electrons. The van der Waals surface area contributed by atoms with Gasteiger partial charge in [-0.1, -0.05) is 133 Å². The lowest BCUT2D eigenvalue weighted by molar-refractivity contribution is 0.670. The first-order valence-corrected chi connectivity index (χ1v) is 15.7. The second kappa shape index (κ2) is 10.8. The van der Waals surface area contributed by atoms with Crippen LogP contribution in [0.1, 0.15) is 0 Å². The number of fused-ring (bicyclic) bond motifs is 5. The third kappa shape index (κ3) is 4.43. The first-order chi connectivity index (χ1) is 22.8. The molecule has 1 heterocycles. The highest BCUT2D eigenvalue weighted by atomic mass is 16.3. The van der Waals surface area contributed by atoms with Crippen molar-refractivity contribution in [1.29, 1.82) is 0 Å². The van der Waals surface area contributed by atoms with Crippen LogP contribution in [-0.4, -0.2) is 0 Å². The fourth-order valence-electron chi connectivity index (χ4n) is 6.80. The fourth-order valence-corrected chi connectivity index (χ4v) is 6.80. The molecule has 46 heavy (non-hydrogen) atoms. The van der Waals surface area contributed by atoms with Gasteiger partial charge in [0.1, 0.15) is 11.2 Å². The number of furan rings is 1. The van der Waals surface area contributed by atoms with E-state index in [-0.39, 0.29) is 0 Å². The number of para-hydroxylation sites is 2. The van der Waals surface area contributed by atoms with E-state index in [4.69, 9.17) is 4.42 Å². The zero-order chi connectivity index (χ0) is 30.5. The van der Waals surface area contributed by atoms with Crippen molar-refractivity contribution in [3.8, 4) is 22.3 Å². The van der Waals surface area contributed by atoms with Crippen molar-refractivity contribution >= 4 is 60.5 Å². The van der Waals surface area contributed by atoms with Crippen LogP contribution in [0.4, 0.5) is 17.1 Å². The number of hydrogen-bond acceptors (Lipinski definition) is 2. The Hall–Kier alpha value is -6.12. The van der Waals surface area contributed by atoms with E-state index < -0.39 is 0 Å². The lowest BCUT2D eigenvalue weighted by atomic mass is 9.93. The van der Waals surface area contributed by atoms with Crippen LogP contribution in [0, 0.1) is 0 Å².